The average molecular weight is 218 g/mol. The van der Waals surface area contributed by atoms with Crippen molar-refractivity contribution >= 4 is 5.97 Å². The van der Waals surface area contributed by atoms with Gasteiger partial charge in [-0.1, -0.05) is 18.2 Å². The third-order valence-electron chi connectivity index (χ3n) is 2.04. The van der Waals surface area contributed by atoms with Crippen LogP contribution in [0.1, 0.15) is 29.3 Å². The second-order valence-electron chi connectivity index (χ2n) is 3.12. The van der Waals surface area contributed by atoms with E-state index in [-0.39, 0.29) is 16.7 Å². The van der Waals surface area contributed by atoms with E-state index in [1.807, 2.05) is 0 Å². The van der Waals surface area contributed by atoms with Gasteiger partial charge in [0.2, 0.25) is 6.17 Å². The lowest BCUT2D eigenvalue weighted by Gasteiger charge is -2.09. The Morgan fingerprint density at radius 2 is 1.93 bits per heavy atom. The van der Waals surface area contributed by atoms with Gasteiger partial charge in [-0.2, -0.15) is 0 Å². The molecule has 0 bridgehead atoms. The number of rotatable bonds is 3. The molecule has 5 heteroatoms. The first-order valence-corrected chi connectivity index (χ1v) is 4.19. The van der Waals surface area contributed by atoms with Crippen LogP contribution >= 0.6 is 0 Å². The molecule has 0 saturated carbocycles. The van der Waals surface area contributed by atoms with Gasteiger partial charge in [0.1, 0.15) is 0 Å². The van der Waals surface area contributed by atoms with Crippen LogP contribution in [0.4, 0.5) is 13.2 Å². The molecule has 1 aromatic rings. The molecule has 1 rings (SSSR count). The van der Waals surface area contributed by atoms with E-state index in [1.54, 1.807) is 0 Å². The molecule has 2 nitrogen and oxygen atoms in total. The summed E-state index contributed by atoms with van der Waals surface area (Å²) in [6.07, 6.45) is -4.81. The molecule has 0 heterocycles. The first-order valence-electron chi connectivity index (χ1n) is 4.19. The van der Waals surface area contributed by atoms with Crippen LogP contribution < -0.4 is 0 Å². The topological polar surface area (TPSA) is 37.3 Å². The molecule has 1 atom stereocenters. The molecule has 0 aliphatic rings. The minimum Gasteiger partial charge on any atom is -0.479 e. The summed E-state index contributed by atoms with van der Waals surface area (Å²) in [4.78, 5) is 10.3. The van der Waals surface area contributed by atoms with E-state index >= 15 is 0 Å². The summed E-state index contributed by atoms with van der Waals surface area (Å²) < 4.78 is 37.5. The van der Waals surface area contributed by atoms with Gasteiger partial charge >= 0.3 is 5.97 Å². The second kappa shape index (κ2) is 4.33. The Bertz CT molecular complexity index is 377. The van der Waals surface area contributed by atoms with Gasteiger partial charge in [-0.3, -0.25) is 0 Å². The third-order valence-corrected chi connectivity index (χ3v) is 2.04. The summed E-state index contributed by atoms with van der Waals surface area (Å²) in [5.74, 6) is -1.62. The van der Waals surface area contributed by atoms with Crippen molar-refractivity contribution in [2.24, 2.45) is 0 Å². The number of halogens is 3. The largest absolute Gasteiger partial charge is 0.479 e. The molecule has 0 aliphatic heterocycles. The molecule has 0 fully saturated rings. The van der Waals surface area contributed by atoms with E-state index in [0.717, 1.165) is 18.2 Å². The Morgan fingerprint density at radius 1 is 1.33 bits per heavy atom. The highest BCUT2D eigenvalue weighted by Gasteiger charge is 2.21. The lowest BCUT2D eigenvalue weighted by Crippen LogP contribution is -2.07. The zero-order chi connectivity index (χ0) is 11.6. The summed E-state index contributed by atoms with van der Waals surface area (Å²) in [7, 11) is 0. The van der Waals surface area contributed by atoms with Crippen molar-refractivity contribution in [3.8, 4) is 0 Å². The van der Waals surface area contributed by atoms with Gasteiger partial charge in [0.05, 0.1) is 0 Å². The van der Waals surface area contributed by atoms with Crippen molar-refractivity contribution in [1.29, 1.82) is 0 Å². The van der Waals surface area contributed by atoms with Crippen molar-refractivity contribution in [2.75, 3.05) is 0 Å². The number of carboxylic acid groups (broad SMARTS) is 1. The van der Waals surface area contributed by atoms with Crippen LogP contribution in [0.3, 0.4) is 0 Å². The molecule has 0 radical (unpaired) electrons. The van der Waals surface area contributed by atoms with E-state index in [2.05, 4.69) is 0 Å². The van der Waals surface area contributed by atoms with Gasteiger partial charge in [-0.15, -0.1) is 0 Å². The van der Waals surface area contributed by atoms with Crippen molar-refractivity contribution in [1.82, 2.24) is 0 Å². The second-order valence-corrected chi connectivity index (χ2v) is 3.12. The predicted molar refractivity (Wildman–Crippen MR) is 47.6 cm³/mol. The molecule has 0 saturated heterocycles. The van der Waals surface area contributed by atoms with Crippen LogP contribution in [-0.4, -0.2) is 11.1 Å². The quantitative estimate of drug-likeness (QED) is 0.846. The Hall–Kier alpha value is -1.52. The molecule has 1 N–H and O–H groups in total. The molecule has 82 valence electrons. The lowest BCUT2D eigenvalue weighted by atomic mass is 10.0. The SMILES string of the molecule is Cc1cc(C(F)F)ccc1C(F)C(=O)O. The zero-order valence-electron chi connectivity index (χ0n) is 7.88. The van der Waals surface area contributed by atoms with Gasteiger partial charge in [0, 0.05) is 11.1 Å². The fraction of sp³-hybridized carbons (Fsp3) is 0.300. The van der Waals surface area contributed by atoms with Crippen LogP contribution in [0.5, 0.6) is 0 Å². The van der Waals surface area contributed by atoms with Crippen LogP contribution in [0.2, 0.25) is 0 Å². The summed E-state index contributed by atoms with van der Waals surface area (Å²) in [5.41, 5.74) is -0.122. The number of benzene rings is 1. The van der Waals surface area contributed by atoms with Gasteiger partial charge in [0.25, 0.3) is 6.43 Å². The van der Waals surface area contributed by atoms with Crippen LogP contribution in [-0.2, 0) is 4.79 Å². The number of carboxylic acids is 1. The van der Waals surface area contributed by atoms with Gasteiger partial charge < -0.3 is 5.11 Å². The number of carbonyl (C=O) groups is 1. The Morgan fingerprint density at radius 3 is 2.33 bits per heavy atom. The normalized spacial score (nSPS) is 12.9. The predicted octanol–water partition coefficient (Wildman–Crippen LogP) is 3.03. The van der Waals surface area contributed by atoms with Gasteiger partial charge in [-0.25, -0.2) is 18.0 Å². The molecule has 0 aliphatic carbocycles. The minimum atomic E-state index is -2.64. The lowest BCUT2D eigenvalue weighted by molar-refractivity contribution is -0.143. The summed E-state index contributed by atoms with van der Waals surface area (Å²) in [6.45, 7) is 1.40. The van der Waals surface area contributed by atoms with Crippen molar-refractivity contribution in [3.05, 3.63) is 34.9 Å². The molecule has 0 aromatic heterocycles. The summed E-state index contributed by atoms with van der Waals surface area (Å²) in [5, 5.41) is 8.42. The maximum Gasteiger partial charge on any atom is 0.343 e. The third kappa shape index (κ3) is 2.49. The zero-order valence-corrected chi connectivity index (χ0v) is 7.88. The van der Waals surface area contributed by atoms with Crippen molar-refractivity contribution in [3.63, 3.8) is 0 Å². The maximum absolute atomic E-state index is 13.1. The highest BCUT2D eigenvalue weighted by molar-refractivity contribution is 5.74. The monoisotopic (exact) mass is 218 g/mol. The number of alkyl halides is 3. The van der Waals surface area contributed by atoms with Crippen molar-refractivity contribution in [2.45, 2.75) is 19.5 Å². The van der Waals surface area contributed by atoms with E-state index in [4.69, 9.17) is 5.11 Å². The average Bonchev–Trinajstić information content (AvgIpc) is 2.16. The number of hydrogen-bond acceptors (Lipinski definition) is 1. The molecular weight excluding hydrogens is 209 g/mol. The van der Waals surface area contributed by atoms with E-state index in [9.17, 15) is 18.0 Å². The number of aryl methyl sites for hydroxylation is 1. The Labute approximate surface area is 84.3 Å². The van der Waals surface area contributed by atoms with Crippen LogP contribution in [0.25, 0.3) is 0 Å². The standard InChI is InChI=1S/C10H9F3O2/c1-5-4-6(9(12)13)2-3-7(5)8(11)10(14)15/h2-4,8-9H,1H3,(H,14,15). The van der Waals surface area contributed by atoms with E-state index < -0.39 is 18.6 Å². The highest BCUT2D eigenvalue weighted by Crippen LogP contribution is 2.26. The first-order chi connectivity index (χ1) is 6.93. The molecular formula is C10H9F3O2. The Kier molecular flexibility index (Phi) is 3.34. The summed E-state index contributed by atoms with van der Waals surface area (Å²) in [6, 6.07) is 3.20. The first kappa shape index (κ1) is 11.6. The van der Waals surface area contributed by atoms with Crippen LogP contribution in [0.15, 0.2) is 18.2 Å². The molecule has 15 heavy (non-hydrogen) atoms. The van der Waals surface area contributed by atoms with Crippen molar-refractivity contribution < 1.29 is 23.1 Å². The minimum absolute atomic E-state index is 0.0908. The smallest absolute Gasteiger partial charge is 0.343 e. The molecule has 0 spiro atoms. The van der Waals surface area contributed by atoms with E-state index in [0.29, 0.717) is 0 Å². The van der Waals surface area contributed by atoms with Crippen LogP contribution in [0, 0.1) is 6.92 Å². The highest BCUT2D eigenvalue weighted by atomic mass is 19.3. The van der Waals surface area contributed by atoms with Gasteiger partial charge in [0.15, 0.2) is 0 Å². The summed E-state index contributed by atoms with van der Waals surface area (Å²) >= 11 is 0. The molecule has 1 aromatic carbocycles. The molecule has 1 unspecified atom stereocenters. The van der Waals surface area contributed by atoms with Gasteiger partial charge in [-0.05, 0) is 12.5 Å². The Balaban J connectivity index is 3.08. The number of hydrogen-bond donors (Lipinski definition) is 1. The fourth-order valence-electron chi connectivity index (χ4n) is 1.25. The molecule has 0 amide bonds. The maximum atomic E-state index is 13.1. The fourth-order valence-corrected chi connectivity index (χ4v) is 1.25. The van der Waals surface area contributed by atoms with E-state index in [1.165, 1.54) is 6.92 Å². The number of aliphatic carboxylic acids is 1.